The maximum atomic E-state index is 13.1. The van der Waals surface area contributed by atoms with Crippen LogP contribution in [0.5, 0.6) is 0 Å². The Morgan fingerprint density at radius 1 is 1.07 bits per heavy atom. The number of likely N-dealkylation sites (tertiary alicyclic amines) is 1. The standard InChI is InChI=1S/C23H28FN3/c1-17(27-13-3-5-20-4-2-6-22(25)23(20)27)16-26-14-11-19(12-15-26)18-7-9-21(24)10-8-18/h2,4,6-10,19H,1,3,5,11-16,25H2. The summed E-state index contributed by atoms with van der Waals surface area (Å²) in [5.41, 5.74) is 12.0. The average molecular weight is 365 g/mol. The smallest absolute Gasteiger partial charge is 0.123 e. The molecule has 2 aliphatic rings. The van der Waals surface area contributed by atoms with Gasteiger partial charge in [0, 0.05) is 18.8 Å². The quantitative estimate of drug-likeness (QED) is 0.807. The topological polar surface area (TPSA) is 32.5 Å². The van der Waals surface area contributed by atoms with Crippen molar-refractivity contribution in [3.8, 4) is 0 Å². The number of piperidine rings is 1. The Labute approximate surface area is 161 Å². The lowest BCUT2D eigenvalue weighted by Crippen LogP contribution is -2.39. The van der Waals surface area contributed by atoms with Crippen molar-refractivity contribution in [1.29, 1.82) is 0 Å². The van der Waals surface area contributed by atoms with Gasteiger partial charge in [-0.15, -0.1) is 0 Å². The second-order valence-electron chi connectivity index (χ2n) is 7.78. The number of hydrogen-bond acceptors (Lipinski definition) is 3. The Hall–Kier alpha value is -2.33. The van der Waals surface area contributed by atoms with E-state index in [1.165, 1.54) is 11.1 Å². The zero-order valence-electron chi connectivity index (χ0n) is 15.8. The first-order chi connectivity index (χ1) is 13.1. The number of hydrogen-bond donors (Lipinski definition) is 1. The van der Waals surface area contributed by atoms with Gasteiger partial charge < -0.3 is 10.6 Å². The number of anilines is 2. The van der Waals surface area contributed by atoms with Crippen LogP contribution in [-0.2, 0) is 6.42 Å². The molecule has 4 heteroatoms. The molecule has 27 heavy (non-hydrogen) atoms. The highest BCUT2D eigenvalue weighted by molar-refractivity contribution is 5.74. The molecule has 0 aliphatic carbocycles. The molecular weight excluding hydrogens is 337 g/mol. The zero-order valence-corrected chi connectivity index (χ0v) is 15.8. The molecule has 0 saturated carbocycles. The van der Waals surface area contributed by atoms with Gasteiger partial charge in [0.05, 0.1) is 11.4 Å². The molecule has 0 aromatic heterocycles. The van der Waals surface area contributed by atoms with E-state index in [2.05, 4.69) is 22.4 Å². The Morgan fingerprint density at radius 3 is 2.56 bits per heavy atom. The molecule has 0 radical (unpaired) electrons. The number of rotatable bonds is 4. The second-order valence-corrected chi connectivity index (χ2v) is 7.78. The van der Waals surface area contributed by atoms with E-state index >= 15 is 0 Å². The number of fused-ring (bicyclic) bond motifs is 1. The summed E-state index contributed by atoms with van der Waals surface area (Å²) in [5.74, 6) is 0.370. The van der Waals surface area contributed by atoms with E-state index < -0.39 is 0 Å². The minimum Gasteiger partial charge on any atom is -0.397 e. The van der Waals surface area contributed by atoms with Gasteiger partial charge in [-0.25, -0.2) is 4.39 Å². The third kappa shape index (κ3) is 3.86. The first kappa shape index (κ1) is 18.1. The van der Waals surface area contributed by atoms with Crippen LogP contribution in [0.15, 0.2) is 54.7 Å². The van der Waals surface area contributed by atoms with Crippen molar-refractivity contribution in [3.63, 3.8) is 0 Å². The van der Waals surface area contributed by atoms with Crippen LogP contribution < -0.4 is 10.6 Å². The molecule has 4 rings (SSSR count). The zero-order chi connectivity index (χ0) is 18.8. The van der Waals surface area contributed by atoms with Gasteiger partial charge in [-0.05, 0) is 74.0 Å². The fraction of sp³-hybridized carbons (Fsp3) is 0.391. The lowest BCUT2D eigenvalue weighted by molar-refractivity contribution is 0.227. The number of aryl methyl sites for hydroxylation is 1. The lowest BCUT2D eigenvalue weighted by Gasteiger charge is -2.38. The summed E-state index contributed by atoms with van der Waals surface area (Å²) in [6.45, 7) is 8.35. The SMILES string of the molecule is C=C(CN1CCC(c2ccc(F)cc2)CC1)N1CCCc2cccc(N)c21. The molecule has 1 fully saturated rings. The van der Waals surface area contributed by atoms with Crippen molar-refractivity contribution < 1.29 is 4.39 Å². The summed E-state index contributed by atoms with van der Waals surface area (Å²) in [6, 6.07) is 13.2. The second kappa shape index (κ2) is 7.73. The maximum Gasteiger partial charge on any atom is 0.123 e. The van der Waals surface area contributed by atoms with Gasteiger partial charge in [-0.2, -0.15) is 0 Å². The monoisotopic (exact) mass is 365 g/mol. The fourth-order valence-electron chi connectivity index (χ4n) is 4.50. The predicted molar refractivity (Wildman–Crippen MR) is 110 cm³/mol. The van der Waals surface area contributed by atoms with Crippen LogP contribution in [0.2, 0.25) is 0 Å². The Balaban J connectivity index is 1.37. The van der Waals surface area contributed by atoms with Crippen molar-refractivity contribution >= 4 is 11.4 Å². The van der Waals surface area contributed by atoms with Gasteiger partial charge in [-0.1, -0.05) is 30.8 Å². The summed E-state index contributed by atoms with van der Waals surface area (Å²) < 4.78 is 13.1. The van der Waals surface area contributed by atoms with Crippen LogP contribution in [0.3, 0.4) is 0 Å². The molecule has 0 spiro atoms. The summed E-state index contributed by atoms with van der Waals surface area (Å²) in [6.07, 6.45) is 4.45. The number of para-hydroxylation sites is 1. The van der Waals surface area contributed by atoms with E-state index in [0.717, 1.165) is 68.9 Å². The van der Waals surface area contributed by atoms with E-state index in [4.69, 9.17) is 5.73 Å². The largest absolute Gasteiger partial charge is 0.397 e. The van der Waals surface area contributed by atoms with E-state index in [-0.39, 0.29) is 5.82 Å². The van der Waals surface area contributed by atoms with Crippen molar-refractivity contribution in [3.05, 3.63) is 71.7 Å². The molecule has 2 aliphatic heterocycles. The van der Waals surface area contributed by atoms with E-state index in [9.17, 15) is 4.39 Å². The molecule has 2 aromatic rings. The normalized spacial score (nSPS) is 18.3. The Kier molecular flexibility index (Phi) is 5.17. The summed E-state index contributed by atoms with van der Waals surface area (Å²) in [4.78, 5) is 4.80. The first-order valence-electron chi connectivity index (χ1n) is 9.92. The highest BCUT2D eigenvalue weighted by Crippen LogP contribution is 2.35. The van der Waals surface area contributed by atoms with Crippen molar-refractivity contribution in [2.24, 2.45) is 0 Å². The van der Waals surface area contributed by atoms with Gasteiger partial charge in [0.1, 0.15) is 5.82 Å². The summed E-state index contributed by atoms with van der Waals surface area (Å²) in [5, 5.41) is 0. The number of benzene rings is 2. The molecule has 2 N–H and O–H groups in total. The molecule has 142 valence electrons. The maximum absolute atomic E-state index is 13.1. The molecule has 2 aromatic carbocycles. The van der Waals surface area contributed by atoms with Gasteiger partial charge >= 0.3 is 0 Å². The molecule has 2 heterocycles. The minimum absolute atomic E-state index is 0.159. The van der Waals surface area contributed by atoms with Gasteiger partial charge in [0.25, 0.3) is 0 Å². The van der Waals surface area contributed by atoms with Gasteiger partial charge in [0.15, 0.2) is 0 Å². The van der Waals surface area contributed by atoms with Crippen LogP contribution in [0, 0.1) is 5.82 Å². The highest BCUT2D eigenvalue weighted by Gasteiger charge is 2.25. The van der Waals surface area contributed by atoms with Crippen LogP contribution in [0.25, 0.3) is 0 Å². The molecule has 0 unspecified atom stereocenters. The summed E-state index contributed by atoms with van der Waals surface area (Å²) >= 11 is 0. The van der Waals surface area contributed by atoms with E-state index in [0.29, 0.717) is 5.92 Å². The fourth-order valence-corrected chi connectivity index (χ4v) is 4.50. The van der Waals surface area contributed by atoms with Crippen LogP contribution in [0.4, 0.5) is 15.8 Å². The minimum atomic E-state index is -0.159. The van der Waals surface area contributed by atoms with Crippen molar-refractivity contribution in [2.45, 2.75) is 31.6 Å². The molecule has 0 amide bonds. The van der Waals surface area contributed by atoms with Gasteiger partial charge in [0.2, 0.25) is 0 Å². The van der Waals surface area contributed by atoms with Crippen LogP contribution >= 0.6 is 0 Å². The lowest BCUT2D eigenvalue weighted by atomic mass is 9.89. The number of nitrogen functional groups attached to an aromatic ring is 1. The molecular formula is C23H28FN3. The number of nitrogens with zero attached hydrogens (tertiary/aromatic N) is 2. The molecule has 3 nitrogen and oxygen atoms in total. The van der Waals surface area contributed by atoms with Crippen molar-refractivity contribution in [1.82, 2.24) is 4.90 Å². The highest BCUT2D eigenvalue weighted by atomic mass is 19.1. The molecule has 0 bridgehead atoms. The molecule has 0 atom stereocenters. The third-order valence-electron chi connectivity index (χ3n) is 5.97. The van der Waals surface area contributed by atoms with E-state index in [1.54, 1.807) is 12.1 Å². The number of nitrogens with two attached hydrogens (primary N) is 1. The van der Waals surface area contributed by atoms with Crippen LogP contribution in [-0.4, -0.2) is 31.1 Å². The predicted octanol–water partition coefficient (Wildman–Crippen LogP) is 4.55. The Bertz CT molecular complexity index is 807. The first-order valence-corrected chi connectivity index (χ1v) is 9.92. The Morgan fingerprint density at radius 2 is 1.81 bits per heavy atom. The van der Waals surface area contributed by atoms with E-state index in [1.807, 2.05) is 24.3 Å². The van der Waals surface area contributed by atoms with Crippen LogP contribution in [0.1, 0.15) is 36.3 Å². The average Bonchev–Trinajstić information content (AvgIpc) is 2.69. The van der Waals surface area contributed by atoms with Gasteiger partial charge in [-0.3, -0.25) is 4.90 Å². The van der Waals surface area contributed by atoms with Crippen molar-refractivity contribution in [2.75, 3.05) is 36.8 Å². The summed E-state index contributed by atoms with van der Waals surface area (Å²) in [7, 11) is 0. The third-order valence-corrected chi connectivity index (χ3v) is 5.97. The molecule has 1 saturated heterocycles. The number of halogens is 1.